The number of nitrogens with zero attached hydrogens (tertiary/aromatic N) is 9. The highest BCUT2D eigenvalue weighted by Crippen LogP contribution is 2.33. The average molecular weight is 1150 g/mol. The summed E-state index contributed by atoms with van der Waals surface area (Å²) in [5.41, 5.74) is 4.54. The molecule has 0 radical (unpaired) electrons. The number of hydrogen-bond acceptors (Lipinski definition) is 15. The van der Waals surface area contributed by atoms with E-state index in [2.05, 4.69) is 76.1 Å². The first-order valence-corrected chi connectivity index (χ1v) is 29.6. The number of amides is 2. The second kappa shape index (κ2) is 23.9. The van der Waals surface area contributed by atoms with Crippen LogP contribution in [0, 0.1) is 29.9 Å². The Labute approximate surface area is 473 Å². The number of aromatic amines is 1. The van der Waals surface area contributed by atoms with Crippen molar-refractivity contribution in [2.45, 2.75) is 84.3 Å². The van der Waals surface area contributed by atoms with E-state index in [9.17, 15) is 32.3 Å². The number of benzene rings is 2. The van der Waals surface area contributed by atoms with Crippen LogP contribution < -0.4 is 20.3 Å². The van der Waals surface area contributed by atoms with Crippen molar-refractivity contribution in [1.82, 2.24) is 54.6 Å². The number of rotatable bonds is 18. The summed E-state index contributed by atoms with van der Waals surface area (Å²) in [6.45, 7) is 18.0. The summed E-state index contributed by atoms with van der Waals surface area (Å²) < 4.78 is 73.3. The Kier molecular flexibility index (Phi) is 17.0. The zero-order chi connectivity index (χ0) is 57.3. The number of aliphatic hydroxyl groups excluding tert-OH is 1. The molecule has 0 bridgehead atoms. The molecule has 4 aromatic heterocycles. The first-order valence-electron chi connectivity index (χ1n) is 27.3. The zero-order valence-corrected chi connectivity index (χ0v) is 47.4. The third-order valence-electron chi connectivity index (χ3n) is 15.9. The van der Waals surface area contributed by atoms with Crippen LogP contribution in [0.15, 0.2) is 85.0 Å². The molecule has 6 aromatic rings. The SMILES string of the molecule is C=C(NCc1ccc(-c2scnc2C)cc1)[C@@H]1C[C@@H](O)CN1C(=O)[C@@H](NC(=O)CN1CCC(CN2CCN(c3cnc(-c4cnc5[nH]cc(C(=O)c6c(F)ccc(NS(=O)(=O)N7CC[C@@H](F)C7)c6F)c5c4)cn3)CC2)CC1)C(C)(C)C. The van der Waals surface area contributed by atoms with Crippen molar-refractivity contribution >= 4 is 61.7 Å². The molecule has 0 saturated carbocycles. The first kappa shape index (κ1) is 57.4. The Morgan fingerprint density at radius 1 is 0.901 bits per heavy atom. The Bertz CT molecular complexity index is 3400. The van der Waals surface area contributed by atoms with Gasteiger partial charge in [0.05, 0.1) is 64.1 Å². The van der Waals surface area contributed by atoms with E-state index in [-0.39, 0.29) is 54.5 Å². The molecule has 24 heteroatoms. The molecule has 10 rings (SSSR count). The van der Waals surface area contributed by atoms with Gasteiger partial charge in [0, 0.05) is 99.9 Å². The van der Waals surface area contributed by atoms with E-state index in [0.717, 1.165) is 96.8 Å². The number of aryl methyl sites for hydroxylation is 1. The molecule has 81 heavy (non-hydrogen) atoms. The Balaban J connectivity index is 0.678. The highest BCUT2D eigenvalue weighted by atomic mass is 32.2. The quantitative estimate of drug-likeness (QED) is 0.0597. The number of piperazine rings is 1. The highest BCUT2D eigenvalue weighted by molar-refractivity contribution is 7.90. The standard InChI is InChI=1S/C57H68F3N13O6S2/c1-34(61-24-36-6-8-38(9-7-36)53-35(2)66-33-80-53)47-23-41(74)31-73(47)56(77)54(57(3,4)5)67-49(75)32-69-15-12-37(13-16-69)29-70-18-20-71(21-19-70)48-28-62-46(27-63-48)39-22-42-43(26-65-55(42)64-25-39)52(76)50-44(59)10-11-45(51(50)60)68-81(78,79)72-17-14-40(58)30-72/h6-11,22,25-28,33,37,40-41,47,54,61,68,74H,1,12-21,23-24,29-32H2,2-5H3,(H,64,65)(H,67,75)/t40-,41-,47+,54-/m1/s1. The van der Waals surface area contributed by atoms with Crippen molar-refractivity contribution in [3.8, 4) is 21.7 Å². The number of anilines is 2. The number of nitrogens with one attached hydrogen (secondary N) is 4. The zero-order valence-electron chi connectivity index (χ0n) is 45.8. The van der Waals surface area contributed by atoms with Gasteiger partial charge in [0.1, 0.15) is 29.5 Å². The predicted molar refractivity (Wildman–Crippen MR) is 304 cm³/mol. The van der Waals surface area contributed by atoms with Crippen LogP contribution in [0.25, 0.3) is 32.7 Å². The molecule has 19 nitrogen and oxygen atoms in total. The molecule has 4 aliphatic rings. The number of aliphatic hydroxyl groups is 1. The van der Waals surface area contributed by atoms with Gasteiger partial charge in [-0.3, -0.25) is 33.9 Å². The number of ketones is 1. The van der Waals surface area contributed by atoms with Crippen molar-refractivity contribution in [2.75, 3.05) is 81.6 Å². The lowest BCUT2D eigenvalue weighted by Gasteiger charge is -2.39. The van der Waals surface area contributed by atoms with Gasteiger partial charge in [0.25, 0.3) is 0 Å². The van der Waals surface area contributed by atoms with E-state index in [1.807, 2.05) is 37.9 Å². The van der Waals surface area contributed by atoms with E-state index in [4.69, 9.17) is 4.98 Å². The largest absolute Gasteiger partial charge is 0.391 e. The smallest absolute Gasteiger partial charge is 0.301 e. The fourth-order valence-electron chi connectivity index (χ4n) is 11.2. The number of halogens is 3. The number of H-pyrrole nitrogens is 1. The number of carbonyl (C=O) groups excluding carboxylic acids is 3. The molecule has 0 spiro atoms. The maximum absolute atomic E-state index is 15.8. The van der Waals surface area contributed by atoms with Gasteiger partial charge in [-0.2, -0.15) is 12.7 Å². The molecule has 4 saturated heterocycles. The van der Waals surface area contributed by atoms with Crippen molar-refractivity contribution in [3.05, 3.63) is 119 Å². The fourth-order valence-corrected chi connectivity index (χ4v) is 13.3. The average Bonchev–Trinajstić information content (AvgIpc) is 4.50. The van der Waals surface area contributed by atoms with Crippen LogP contribution in [0.4, 0.5) is 24.7 Å². The number of carbonyl (C=O) groups is 3. The summed E-state index contributed by atoms with van der Waals surface area (Å²) in [7, 11) is -4.38. The molecular weight excluding hydrogens is 1080 g/mol. The summed E-state index contributed by atoms with van der Waals surface area (Å²) >= 11 is 1.61. The third kappa shape index (κ3) is 13.0. The van der Waals surface area contributed by atoms with Crippen molar-refractivity contribution in [2.24, 2.45) is 11.3 Å². The summed E-state index contributed by atoms with van der Waals surface area (Å²) in [5.74, 6) is -2.95. The second-order valence-corrected chi connectivity index (χ2v) is 25.2. The lowest BCUT2D eigenvalue weighted by molar-refractivity contribution is -0.140. The molecule has 5 N–H and O–H groups in total. The first-order chi connectivity index (χ1) is 38.7. The fraction of sp³-hybridized carbons (Fsp3) is 0.456. The number of aromatic nitrogens is 5. The molecule has 4 fully saturated rings. The van der Waals surface area contributed by atoms with Gasteiger partial charge in [0.2, 0.25) is 17.6 Å². The van der Waals surface area contributed by atoms with E-state index < -0.39 is 75.2 Å². The predicted octanol–water partition coefficient (Wildman–Crippen LogP) is 6.29. The van der Waals surface area contributed by atoms with Gasteiger partial charge < -0.3 is 30.5 Å². The van der Waals surface area contributed by atoms with Gasteiger partial charge in [-0.15, -0.1) is 11.3 Å². The second-order valence-electron chi connectivity index (χ2n) is 22.7. The lowest BCUT2D eigenvalue weighted by atomic mass is 9.85. The maximum atomic E-state index is 15.8. The van der Waals surface area contributed by atoms with Crippen LogP contribution in [0.5, 0.6) is 0 Å². The topological polar surface area (TPSA) is 225 Å². The summed E-state index contributed by atoms with van der Waals surface area (Å²) in [4.78, 5) is 72.4. The number of piperidine rings is 1. The monoisotopic (exact) mass is 1150 g/mol. The normalized spacial score (nSPS) is 20.2. The number of thiazole rings is 1. The molecule has 2 aromatic carbocycles. The molecule has 2 amide bonds. The Morgan fingerprint density at radius 3 is 2.32 bits per heavy atom. The van der Waals surface area contributed by atoms with Gasteiger partial charge in [-0.1, -0.05) is 51.6 Å². The number of pyridine rings is 1. The number of β-amino-alcohol motifs (C(OH)–C–C–N with tert-alkyl or cyclic N) is 1. The summed E-state index contributed by atoms with van der Waals surface area (Å²) in [6, 6.07) is 10.3. The molecule has 8 heterocycles. The maximum Gasteiger partial charge on any atom is 0.301 e. The number of fused-ring (bicyclic) bond motifs is 1. The number of alkyl halides is 1. The number of likely N-dealkylation sites (tertiary alicyclic amines) is 2. The lowest BCUT2D eigenvalue weighted by Crippen LogP contribution is -2.58. The van der Waals surface area contributed by atoms with E-state index >= 15 is 8.78 Å². The van der Waals surface area contributed by atoms with Crippen molar-refractivity contribution in [1.29, 1.82) is 0 Å². The molecule has 4 aliphatic heterocycles. The van der Waals surface area contributed by atoms with Crippen LogP contribution in [-0.4, -0.2) is 171 Å². The minimum absolute atomic E-state index is 0.0102. The molecular formula is C57H68F3N13O6S2. The molecule has 0 aliphatic carbocycles. The van der Waals surface area contributed by atoms with Crippen LogP contribution in [-0.2, 0) is 26.3 Å². The minimum atomic E-state index is -4.38. The Morgan fingerprint density at radius 2 is 1.65 bits per heavy atom. The molecule has 0 unspecified atom stereocenters. The van der Waals surface area contributed by atoms with E-state index in [1.54, 1.807) is 40.9 Å². The third-order valence-corrected chi connectivity index (χ3v) is 18.3. The molecule has 4 atom stereocenters. The number of hydrogen-bond donors (Lipinski definition) is 5. The van der Waals surface area contributed by atoms with Crippen LogP contribution in [0.2, 0.25) is 0 Å². The minimum Gasteiger partial charge on any atom is -0.391 e. The Hall–Kier alpha value is -6.83. The van der Waals surface area contributed by atoms with Crippen molar-refractivity contribution in [3.63, 3.8) is 0 Å². The van der Waals surface area contributed by atoms with E-state index in [1.165, 1.54) is 6.20 Å². The van der Waals surface area contributed by atoms with Crippen LogP contribution in [0.3, 0.4) is 0 Å². The van der Waals surface area contributed by atoms with Gasteiger partial charge in [-0.25, -0.2) is 28.1 Å². The molecule has 430 valence electrons. The highest BCUT2D eigenvalue weighted by Gasteiger charge is 2.43. The van der Waals surface area contributed by atoms with E-state index in [0.29, 0.717) is 41.7 Å². The van der Waals surface area contributed by atoms with Crippen LogP contribution >= 0.6 is 11.3 Å². The van der Waals surface area contributed by atoms with Crippen LogP contribution in [0.1, 0.15) is 73.6 Å². The van der Waals surface area contributed by atoms with Crippen molar-refractivity contribution < 1.29 is 41.1 Å². The van der Waals surface area contributed by atoms with Gasteiger partial charge >= 0.3 is 10.2 Å². The summed E-state index contributed by atoms with van der Waals surface area (Å²) in [5, 5.41) is 17.5. The van der Waals surface area contributed by atoms with Gasteiger partial charge in [0.15, 0.2) is 5.82 Å². The van der Waals surface area contributed by atoms with Gasteiger partial charge in [-0.05, 0) is 79.9 Å². The summed E-state index contributed by atoms with van der Waals surface area (Å²) in [6.07, 6.45) is 6.24.